The molecule has 1 amide bonds. The highest BCUT2D eigenvalue weighted by atomic mass is 16.5. The van der Waals surface area contributed by atoms with Crippen LogP contribution in [-0.2, 0) is 16.6 Å². The zero-order valence-corrected chi connectivity index (χ0v) is 11.8. The van der Waals surface area contributed by atoms with E-state index in [1.54, 1.807) is 11.8 Å². The molecule has 106 valence electrons. The van der Waals surface area contributed by atoms with E-state index in [0.29, 0.717) is 12.6 Å². The summed E-state index contributed by atoms with van der Waals surface area (Å²) in [6.45, 7) is 4.17. The van der Waals surface area contributed by atoms with E-state index in [0.717, 1.165) is 37.4 Å². The van der Waals surface area contributed by atoms with Gasteiger partial charge in [0.25, 0.3) is 0 Å². The van der Waals surface area contributed by atoms with Crippen LogP contribution in [0.25, 0.3) is 0 Å². The first kappa shape index (κ1) is 14.0. The van der Waals surface area contributed by atoms with E-state index in [4.69, 9.17) is 4.74 Å². The van der Waals surface area contributed by atoms with Crippen LogP contribution in [0.2, 0.25) is 0 Å². The molecule has 0 spiro atoms. The molecule has 1 aliphatic rings. The van der Waals surface area contributed by atoms with Gasteiger partial charge in [0.15, 0.2) is 0 Å². The van der Waals surface area contributed by atoms with Gasteiger partial charge in [-0.25, -0.2) is 0 Å². The summed E-state index contributed by atoms with van der Waals surface area (Å²) in [6, 6.07) is 1.87. The molecule has 1 fully saturated rings. The van der Waals surface area contributed by atoms with Gasteiger partial charge in [-0.1, -0.05) is 0 Å². The summed E-state index contributed by atoms with van der Waals surface area (Å²) in [5.41, 5.74) is 0.902. The average Bonchev–Trinajstić information content (AvgIpc) is 2.68. The first-order valence-corrected chi connectivity index (χ1v) is 6.64. The van der Waals surface area contributed by atoms with E-state index >= 15 is 0 Å². The number of aryl methyl sites for hydroxylation is 2. The number of carbonyl (C=O) groups is 1. The normalized spacial score (nSPS) is 17.6. The summed E-state index contributed by atoms with van der Waals surface area (Å²) >= 11 is 0. The van der Waals surface area contributed by atoms with Gasteiger partial charge in [-0.2, -0.15) is 5.10 Å². The fourth-order valence-electron chi connectivity index (χ4n) is 2.42. The Labute approximate surface area is 113 Å². The standard InChI is InChI=1S/C13H22N4O2/c1-10-8-12(16(2)15-10)14-13(18)9-17-6-4-11(19-3)5-7-17/h8,11H,4-7,9H2,1-3H3,(H,14,18). The fourth-order valence-corrected chi connectivity index (χ4v) is 2.42. The summed E-state index contributed by atoms with van der Waals surface area (Å²) < 4.78 is 7.00. The van der Waals surface area contributed by atoms with Crippen molar-refractivity contribution in [1.82, 2.24) is 14.7 Å². The lowest BCUT2D eigenvalue weighted by Crippen LogP contribution is -2.41. The molecule has 6 heteroatoms. The molecule has 1 N–H and O–H groups in total. The highest BCUT2D eigenvalue weighted by molar-refractivity contribution is 5.91. The van der Waals surface area contributed by atoms with Gasteiger partial charge in [0, 0.05) is 33.3 Å². The molecular weight excluding hydrogens is 244 g/mol. The molecule has 0 saturated carbocycles. The van der Waals surface area contributed by atoms with E-state index in [1.165, 1.54) is 0 Å². The van der Waals surface area contributed by atoms with Crippen molar-refractivity contribution in [1.29, 1.82) is 0 Å². The minimum atomic E-state index is 0.0128. The number of likely N-dealkylation sites (tertiary alicyclic amines) is 1. The molecule has 0 atom stereocenters. The SMILES string of the molecule is COC1CCN(CC(=O)Nc2cc(C)nn2C)CC1. The number of piperidine rings is 1. The zero-order chi connectivity index (χ0) is 13.8. The van der Waals surface area contributed by atoms with Crippen LogP contribution in [0.1, 0.15) is 18.5 Å². The van der Waals surface area contributed by atoms with Crippen LogP contribution in [0.15, 0.2) is 6.07 Å². The fraction of sp³-hybridized carbons (Fsp3) is 0.692. The van der Waals surface area contributed by atoms with Crippen molar-refractivity contribution in [2.24, 2.45) is 7.05 Å². The first-order valence-electron chi connectivity index (χ1n) is 6.64. The zero-order valence-electron chi connectivity index (χ0n) is 11.8. The third-order valence-electron chi connectivity index (χ3n) is 3.50. The maximum absolute atomic E-state index is 12.0. The number of nitrogens with one attached hydrogen (secondary N) is 1. The van der Waals surface area contributed by atoms with Crippen molar-refractivity contribution >= 4 is 11.7 Å². The summed E-state index contributed by atoms with van der Waals surface area (Å²) in [5, 5.41) is 7.10. The van der Waals surface area contributed by atoms with Crippen molar-refractivity contribution in [3.63, 3.8) is 0 Å². The molecule has 1 aromatic heterocycles. The lowest BCUT2D eigenvalue weighted by atomic mass is 10.1. The molecule has 1 aliphatic heterocycles. The van der Waals surface area contributed by atoms with Crippen molar-refractivity contribution in [2.75, 3.05) is 32.1 Å². The predicted octanol–water partition coefficient (Wildman–Crippen LogP) is 0.778. The summed E-state index contributed by atoms with van der Waals surface area (Å²) in [7, 11) is 3.57. The van der Waals surface area contributed by atoms with Crippen molar-refractivity contribution in [3.05, 3.63) is 11.8 Å². The molecule has 0 aliphatic carbocycles. The number of rotatable bonds is 4. The van der Waals surface area contributed by atoms with Crippen LogP contribution >= 0.6 is 0 Å². The Morgan fingerprint density at radius 3 is 2.74 bits per heavy atom. The number of nitrogens with zero attached hydrogens (tertiary/aromatic N) is 3. The lowest BCUT2D eigenvalue weighted by Gasteiger charge is -2.30. The van der Waals surface area contributed by atoms with Gasteiger partial charge in [-0.15, -0.1) is 0 Å². The first-order chi connectivity index (χ1) is 9.08. The third kappa shape index (κ3) is 3.78. The number of aromatic nitrogens is 2. The van der Waals surface area contributed by atoms with Gasteiger partial charge >= 0.3 is 0 Å². The monoisotopic (exact) mass is 266 g/mol. The molecule has 1 aromatic rings. The van der Waals surface area contributed by atoms with Crippen LogP contribution in [0.3, 0.4) is 0 Å². The van der Waals surface area contributed by atoms with Gasteiger partial charge in [0.05, 0.1) is 18.3 Å². The number of hydrogen-bond acceptors (Lipinski definition) is 4. The van der Waals surface area contributed by atoms with E-state index < -0.39 is 0 Å². The van der Waals surface area contributed by atoms with Gasteiger partial charge in [0.1, 0.15) is 5.82 Å². The maximum Gasteiger partial charge on any atom is 0.239 e. The highest BCUT2D eigenvalue weighted by Gasteiger charge is 2.20. The second-order valence-corrected chi connectivity index (χ2v) is 5.05. The van der Waals surface area contributed by atoms with Crippen molar-refractivity contribution in [2.45, 2.75) is 25.9 Å². The van der Waals surface area contributed by atoms with Gasteiger partial charge in [-0.05, 0) is 19.8 Å². The van der Waals surface area contributed by atoms with Crippen LogP contribution in [0.4, 0.5) is 5.82 Å². The second-order valence-electron chi connectivity index (χ2n) is 5.05. The summed E-state index contributed by atoms with van der Waals surface area (Å²) in [6.07, 6.45) is 2.34. The Morgan fingerprint density at radius 1 is 1.53 bits per heavy atom. The Bertz CT molecular complexity index is 436. The minimum Gasteiger partial charge on any atom is -0.381 e. The average molecular weight is 266 g/mol. The van der Waals surface area contributed by atoms with E-state index in [-0.39, 0.29) is 5.91 Å². The number of anilines is 1. The van der Waals surface area contributed by atoms with Crippen LogP contribution in [-0.4, -0.2) is 53.4 Å². The Kier molecular flexibility index (Phi) is 4.55. The number of hydrogen-bond donors (Lipinski definition) is 1. The summed E-state index contributed by atoms with van der Waals surface area (Å²) in [5.74, 6) is 0.758. The van der Waals surface area contributed by atoms with E-state index in [2.05, 4.69) is 15.3 Å². The van der Waals surface area contributed by atoms with Crippen LogP contribution in [0.5, 0.6) is 0 Å². The second kappa shape index (κ2) is 6.16. The van der Waals surface area contributed by atoms with E-state index in [1.807, 2.05) is 20.0 Å². The number of methoxy groups -OCH3 is 1. The molecule has 1 saturated heterocycles. The number of ether oxygens (including phenoxy) is 1. The molecule has 2 rings (SSSR count). The molecule has 0 unspecified atom stereocenters. The molecular formula is C13H22N4O2. The van der Waals surface area contributed by atoms with Crippen LogP contribution < -0.4 is 5.32 Å². The van der Waals surface area contributed by atoms with E-state index in [9.17, 15) is 4.79 Å². The predicted molar refractivity (Wildman–Crippen MR) is 73.0 cm³/mol. The highest BCUT2D eigenvalue weighted by Crippen LogP contribution is 2.13. The Morgan fingerprint density at radius 2 is 2.21 bits per heavy atom. The quantitative estimate of drug-likeness (QED) is 0.875. The molecule has 0 radical (unpaired) electrons. The third-order valence-corrected chi connectivity index (χ3v) is 3.50. The number of carbonyl (C=O) groups excluding carboxylic acids is 1. The summed E-state index contributed by atoms with van der Waals surface area (Å²) in [4.78, 5) is 14.1. The van der Waals surface area contributed by atoms with Gasteiger partial charge < -0.3 is 10.1 Å². The van der Waals surface area contributed by atoms with Gasteiger partial charge in [-0.3, -0.25) is 14.4 Å². The van der Waals surface area contributed by atoms with Crippen molar-refractivity contribution in [3.8, 4) is 0 Å². The smallest absolute Gasteiger partial charge is 0.239 e. The van der Waals surface area contributed by atoms with Gasteiger partial charge in [0.2, 0.25) is 5.91 Å². The molecule has 2 heterocycles. The minimum absolute atomic E-state index is 0.0128. The largest absolute Gasteiger partial charge is 0.381 e. The lowest BCUT2D eigenvalue weighted by molar-refractivity contribution is -0.118. The Hall–Kier alpha value is -1.40. The topological polar surface area (TPSA) is 59.4 Å². The van der Waals surface area contributed by atoms with Crippen LogP contribution in [0, 0.1) is 6.92 Å². The maximum atomic E-state index is 12.0. The number of amides is 1. The van der Waals surface area contributed by atoms with Crippen molar-refractivity contribution < 1.29 is 9.53 Å². The molecule has 0 aromatic carbocycles. The molecule has 19 heavy (non-hydrogen) atoms. The molecule has 0 bridgehead atoms. The Balaban J connectivity index is 1.80. The molecule has 6 nitrogen and oxygen atoms in total.